The third-order valence-electron chi connectivity index (χ3n) is 6.78. The van der Waals surface area contributed by atoms with Gasteiger partial charge < -0.3 is 30.9 Å². The summed E-state index contributed by atoms with van der Waals surface area (Å²) in [6, 6.07) is 16.7. The zero-order valence-electron chi connectivity index (χ0n) is 21.4. The number of hydrogen-bond acceptors (Lipinski definition) is 6. The fourth-order valence-electron chi connectivity index (χ4n) is 4.71. The first kappa shape index (κ1) is 28.6. The molecule has 5 N–H and O–H groups in total. The third-order valence-corrected chi connectivity index (χ3v) is 6.78. The molecule has 4 atom stereocenters. The highest BCUT2D eigenvalue weighted by Crippen LogP contribution is 2.42. The van der Waals surface area contributed by atoms with E-state index in [1.807, 2.05) is 61.5 Å². The number of hydrogen-bond donors (Lipinski definition) is 4. The molecule has 2 fully saturated rings. The van der Waals surface area contributed by atoms with Gasteiger partial charge in [-0.05, 0) is 62.1 Å². The number of amides is 2. The lowest BCUT2D eigenvalue weighted by atomic mass is 9.64. The van der Waals surface area contributed by atoms with E-state index in [4.69, 9.17) is 15.6 Å². The van der Waals surface area contributed by atoms with E-state index in [1.165, 1.54) is 0 Å². The van der Waals surface area contributed by atoms with Gasteiger partial charge in [0, 0.05) is 13.1 Å². The Hall–Kier alpha value is -3.92. The number of carboxylic acids is 2. The molecule has 1 saturated carbocycles. The van der Waals surface area contributed by atoms with Crippen molar-refractivity contribution in [2.45, 2.75) is 45.2 Å². The normalized spacial score (nSPS) is 21.8. The quantitative estimate of drug-likeness (QED) is 0.368. The predicted octanol–water partition coefficient (Wildman–Crippen LogP) is 2.86. The fraction of sp³-hybridized carbons (Fsp3) is 0.429. The Labute approximate surface area is 221 Å². The number of carbonyl (C=O) groups excluding carboxylic acids is 2. The van der Waals surface area contributed by atoms with Gasteiger partial charge in [-0.15, -0.1) is 0 Å². The van der Waals surface area contributed by atoms with Crippen LogP contribution in [0.1, 0.15) is 38.2 Å². The first-order chi connectivity index (χ1) is 18.2. The second-order valence-electron chi connectivity index (χ2n) is 9.52. The maximum atomic E-state index is 13.0. The Balaban J connectivity index is 0.000000427. The summed E-state index contributed by atoms with van der Waals surface area (Å²) in [4.78, 5) is 47.6. The van der Waals surface area contributed by atoms with E-state index in [2.05, 4.69) is 5.32 Å². The molecule has 2 aliphatic rings. The molecule has 204 valence electrons. The van der Waals surface area contributed by atoms with Crippen molar-refractivity contribution < 1.29 is 34.1 Å². The minimum atomic E-state index is -1.23. The van der Waals surface area contributed by atoms with Crippen molar-refractivity contribution in [3.05, 3.63) is 60.2 Å². The second-order valence-corrected chi connectivity index (χ2v) is 9.52. The lowest BCUT2D eigenvalue weighted by Crippen LogP contribution is -2.53. The smallest absolute Gasteiger partial charge is 0.308 e. The number of para-hydroxylation sites is 1. The Morgan fingerprint density at radius 1 is 0.974 bits per heavy atom. The van der Waals surface area contributed by atoms with Gasteiger partial charge >= 0.3 is 11.9 Å². The number of rotatable bonds is 10. The van der Waals surface area contributed by atoms with Crippen molar-refractivity contribution in [1.29, 1.82) is 0 Å². The summed E-state index contributed by atoms with van der Waals surface area (Å²) in [6.45, 7) is 3.68. The van der Waals surface area contributed by atoms with Crippen LogP contribution in [-0.4, -0.2) is 58.0 Å². The zero-order valence-corrected chi connectivity index (χ0v) is 21.4. The van der Waals surface area contributed by atoms with Crippen LogP contribution in [0.2, 0.25) is 0 Å². The van der Waals surface area contributed by atoms with Crippen molar-refractivity contribution in [3.8, 4) is 11.5 Å². The maximum Gasteiger partial charge on any atom is 0.308 e. The van der Waals surface area contributed by atoms with Crippen LogP contribution >= 0.6 is 0 Å². The van der Waals surface area contributed by atoms with E-state index in [0.717, 1.165) is 30.7 Å². The number of carboxylic acid groups (broad SMARTS) is 2. The molecule has 2 aromatic carbocycles. The van der Waals surface area contributed by atoms with Crippen molar-refractivity contribution in [1.82, 2.24) is 10.2 Å². The largest absolute Gasteiger partial charge is 0.481 e. The SMILES string of the molecule is CCCN(Cc1ccc(Oc2ccccc2)cc1)C(=O)C1CC(C(=O)O)C1C(=O)O.NC(=O)C1CCCN1. The first-order valence-corrected chi connectivity index (χ1v) is 12.8. The molecule has 1 saturated heterocycles. The van der Waals surface area contributed by atoms with E-state index < -0.39 is 29.7 Å². The van der Waals surface area contributed by atoms with Crippen LogP contribution in [0, 0.1) is 17.8 Å². The van der Waals surface area contributed by atoms with Crippen LogP contribution in [0.4, 0.5) is 0 Å². The number of primary amides is 1. The summed E-state index contributed by atoms with van der Waals surface area (Å²) in [5.74, 6) is -4.48. The fourth-order valence-corrected chi connectivity index (χ4v) is 4.71. The molecule has 0 spiro atoms. The Kier molecular flexibility index (Phi) is 10.2. The van der Waals surface area contributed by atoms with Gasteiger partial charge in [0.1, 0.15) is 11.5 Å². The van der Waals surface area contributed by atoms with E-state index in [0.29, 0.717) is 25.3 Å². The van der Waals surface area contributed by atoms with Gasteiger partial charge in [0.15, 0.2) is 0 Å². The number of benzene rings is 2. The van der Waals surface area contributed by atoms with Gasteiger partial charge in [0.2, 0.25) is 11.8 Å². The number of nitrogens with one attached hydrogen (secondary N) is 1. The summed E-state index contributed by atoms with van der Waals surface area (Å²) in [6.07, 6.45) is 2.77. The summed E-state index contributed by atoms with van der Waals surface area (Å²) in [5, 5.41) is 21.5. The molecule has 0 aromatic heterocycles. The van der Waals surface area contributed by atoms with Crippen LogP contribution in [0.25, 0.3) is 0 Å². The van der Waals surface area contributed by atoms with Crippen molar-refractivity contribution in [2.24, 2.45) is 23.5 Å². The topological polar surface area (TPSA) is 159 Å². The van der Waals surface area contributed by atoms with Crippen LogP contribution < -0.4 is 15.8 Å². The maximum absolute atomic E-state index is 13.0. The molecular formula is C28H35N3O7. The monoisotopic (exact) mass is 525 g/mol. The third kappa shape index (κ3) is 7.55. The number of aliphatic carboxylic acids is 2. The van der Waals surface area contributed by atoms with Crippen molar-refractivity contribution >= 4 is 23.8 Å². The molecule has 1 heterocycles. The molecule has 4 rings (SSSR count). The minimum Gasteiger partial charge on any atom is -0.481 e. The Bertz CT molecular complexity index is 1100. The van der Waals surface area contributed by atoms with Crippen LogP contribution in [0.15, 0.2) is 54.6 Å². The van der Waals surface area contributed by atoms with Crippen molar-refractivity contribution in [2.75, 3.05) is 13.1 Å². The molecule has 1 aliphatic carbocycles. The average Bonchev–Trinajstić information content (AvgIpc) is 3.40. The van der Waals surface area contributed by atoms with Crippen LogP contribution in [0.5, 0.6) is 11.5 Å². The van der Waals surface area contributed by atoms with Gasteiger partial charge in [-0.2, -0.15) is 0 Å². The summed E-state index contributed by atoms with van der Waals surface area (Å²) < 4.78 is 5.77. The number of nitrogens with two attached hydrogens (primary N) is 1. The van der Waals surface area contributed by atoms with Gasteiger partial charge in [-0.25, -0.2) is 0 Å². The van der Waals surface area contributed by atoms with E-state index in [-0.39, 0.29) is 24.3 Å². The highest BCUT2D eigenvalue weighted by Gasteiger charge is 2.54. The molecule has 0 bridgehead atoms. The molecule has 38 heavy (non-hydrogen) atoms. The van der Waals surface area contributed by atoms with Gasteiger partial charge in [-0.3, -0.25) is 19.2 Å². The molecule has 4 unspecified atom stereocenters. The van der Waals surface area contributed by atoms with Gasteiger partial charge in [0.25, 0.3) is 0 Å². The first-order valence-electron chi connectivity index (χ1n) is 12.8. The lowest BCUT2D eigenvalue weighted by Gasteiger charge is -2.40. The van der Waals surface area contributed by atoms with Crippen LogP contribution in [-0.2, 0) is 25.7 Å². The zero-order chi connectivity index (χ0) is 27.7. The van der Waals surface area contributed by atoms with Crippen molar-refractivity contribution in [3.63, 3.8) is 0 Å². The second kappa shape index (κ2) is 13.6. The molecule has 10 heteroatoms. The highest BCUT2D eigenvalue weighted by atomic mass is 16.5. The Morgan fingerprint density at radius 3 is 2.13 bits per heavy atom. The van der Waals surface area contributed by atoms with E-state index in [9.17, 15) is 24.3 Å². The summed E-state index contributed by atoms with van der Waals surface area (Å²) in [7, 11) is 0. The molecule has 1 aliphatic heterocycles. The van der Waals surface area contributed by atoms with Crippen LogP contribution in [0.3, 0.4) is 0 Å². The minimum absolute atomic E-state index is 0.0463. The lowest BCUT2D eigenvalue weighted by molar-refractivity contribution is -0.172. The number of nitrogens with zero attached hydrogens (tertiary/aromatic N) is 1. The molecule has 10 nitrogen and oxygen atoms in total. The molecule has 0 radical (unpaired) electrons. The Morgan fingerprint density at radius 2 is 1.63 bits per heavy atom. The summed E-state index contributed by atoms with van der Waals surface area (Å²) in [5.41, 5.74) is 5.88. The number of ether oxygens (including phenoxy) is 1. The van der Waals surface area contributed by atoms with Gasteiger partial charge in [-0.1, -0.05) is 37.3 Å². The highest BCUT2D eigenvalue weighted by molar-refractivity contribution is 5.91. The molecular weight excluding hydrogens is 490 g/mol. The van der Waals surface area contributed by atoms with E-state index in [1.54, 1.807) is 4.90 Å². The summed E-state index contributed by atoms with van der Waals surface area (Å²) >= 11 is 0. The predicted molar refractivity (Wildman–Crippen MR) is 139 cm³/mol. The molecule has 2 amide bonds. The van der Waals surface area contributed by atoms with Gasteiger partial charge in [0.05, 0.1) is 23.8 Å². The molecule has 2 aromatic rings. The average molecular weight is 526 g/mol. The standard InChI is InChI=1S/C23H25NO6.C5H10N2O/c1-2-12-24(21(25)18-13-19(22(26)27)20(18)23(28)29)14-15-8-10-17(11-9-15)30-16-6-4-3-5-7-16;6-5(8)4-2-1-3-7-4/h3-11,18-20H,2,12-14H2,1H3,(H,26,27)(H,28,29);4,7H,1-3H2,(H2,6,8). The van der Waals surface area contributed by atoms with E-state index >= 15 is 0 Å². The number of carbonyl (C=O) groups is 4.